The monoisotopic (exact) mass is 245 g/mol. The van der Waals surface area contributed by atoms with Crippen molar-refractivity contribution in [2.24, 2.45) is 5.92 Å². The minimum atomic E-state index is -0.526. The number of carbonyl (C=O) groups excluding carboxylic acids is 2. The third kappa shape index (κ3) is 8.54. The van der Waals surface area contributed by atoms with E-state index in [9.17, 15) is 9.59 Å². The van der Waals surface area contributed by atoms with E-state index < -0.39 is 11.7 Å². The number of ether oxygens (including phenoxy) is 2. The lowest BCUT2D eigenvalue weighted by atomic mass is 10.2. The maximum Gasteiger partial charge on any atom is 0.407 e. The molecule has 0 heterocycles. The van der Waals surface area contributed by atoms with E-state index in [0.717, 1.165) is 0 Å². The van der Waals surface area contributed by atoms with E-state index in [1.54, 1.807) is 41.5 Å². The van der Waals surface area contributed by atoms with Crippen LogP contribution < -0.4 is 5.32 Å². The highest BCUT2D eigenvalue weighted by molar-refractivity contribution is 5.72. The zero-order valence-corrected chi connectivity index (χ0v) is 11.5. The van der Waals surface area contributed by atoms with Crippen LogP contribution in [-0.4, -0.2) is 30.3 Å². The zero-order chi connectivity index (χ0) is 13.6. The first-order chi connectivity index (χ1) is 7.61. The Kier molecular flexibility index (Phi) is 5.99. The Morgan fingerprint density at radius 2 is 1.71 bits per heavy atom. The Bertz CT molecular complexity index is 268. The van der Waals surface area contributed by atoms with E-state index in [4.69, 9.17) is 9.47 Å². The van der Waals surface area contributed by atoms with Gasteiger partial charge in [0.05, 0.1) is 12.5 Å². The Balaban J connectivity index is 3.88. The summed E-state index contributed by atoms with van der Waals surface area (Å²) in [6, 6.07) is 0. The first-order valence-electron chi connectivity index (χ1n) is 5.79. The fourth-order valence-electron chi connectivity index (χ4n) is 0.917. The molecule has 1 atom stereocenters. The smallest absolute Gasteiger partial charge is 0.407 e. The topological polar surface area (TPSA) is 64.6 Å². The molecule has 0 bridgehead atoms. The van der Waals surface area contributed by atoms with Gasteiger partial charge in [-0.15, -0.1) is 0 Å². The van der Waals surface area contributed by atoms with Gasteiger partial charge in [0, 0.05) is 0 Å². The van der Waals surface area contributed by atoms with Crippen molar-refractivity contribution < 1.29 is 19.1 Å². The van der Waals surface area contributed by atoms with Crippen LogP contribution in [0.25, 0.3) is 0 Å². The molecule has 0 saturated carbocycles. The van der Waals surface area contributed by atoms with Crippen molar-refractivity contribution in [3.63, 3.8) is 0 Å². The van der Waals surface area contributed by atoms with Gasteiger partial charge in [0.15, 0.2) is 0 Å². The number of nitrogens with one attached hydrogen (secondary N) is 1. The number of alkyl carbamates (subject to hydrolysis) is 1. The van der Waals surface area contributed by atoms with E-state index in [0.29, 0.717) is 0 Å². The lowest BCUT2D eigenvalue weighted by Crippen LogP contribution is -2.37. The zero-order valence-electron chi connectivity index (χ0n) is 11.5. The molecule has 0 aliphatic carbocycles. The normalized spacial score (nSPS) is 13.1. The third-order valence-corrected chi connectivity index (χ3v) is 1.72. The molecule has 0 aromatic rings. The highest BCUT2D eigenvalue weighted by Crippen LogP contribution is 2.06. The second kappa shape index (κ2) is 6.47. The average Bonchev–Trinajstić information content (AvgIpc) is 2.11. The Labute approximate surface area is 103 Å². The lowest BCUT2D eigenvalue weighted by molar-refractivity contribution is -0.151. The fraction of sp³-hybridized carbons (Fsp3) is 0.833. The Hall–Kier alpha value is -1.26. The van der Waals surface area contributed by atoms with Gasteiger partial charge in [-0.2, -0.15) is 0 Å². The summed E-state index contributed by atoms with van der Waals surface area (Å²) in [5.41, 5.74) is -0.526. The molecule has 1 amide bonds. The summed E-state index contributed by atoms with van der Waals surface area (Å²) >= 11 is 0. The predicted octanol–water partition coefficient (Wildman–Crippen LogP) is 2.10. The van der Waals surface area contributed by atoms with Crippen molar-refractivity contribution in [2.75, 3.05) is 6.54 Å². The molecule has 0 saturated heterocycles. The number of amides is 1. The van der Waals surface area contributed by atoms with Gasteiger partial charge in [0.1, 0.15) is 11.7 Å². The summed E-state index contributed by atoms with van der Waals surface area (Å²) in [6.07, 6.45) is -0.873. The van der Waals surface area contributed by atoms with Crippen molar-refractivity contribution >= 4 is 12.1 Å². The van der Waals surface area contributed by atoms with Gasteiger partial charge in [0.25, 0.3) is 0 Å². The molecule has 17 heavy (non-hydrogen) atoms. The number of rotatable bonds is 4. The molecule has 100 valence electrons. The summed E-state index contributed by atoms with van der Waals surface area (Å²) in [6.45, 7) is 10.8. The number of esters is 1. The predicted molar refractivity (Wildman–Crippen MR) is 64.6 cm³/mol. The van der Waals surface area contributed by atoms with Crippen molar-refractivity contribution in [1.29, 1.82) is 0 Å². The van der Waals surface area contributed by atoms with Gasteiger partial charge < -0.3 is 14.8 Å². The van der Waals surface area contributed by atoms with E-state index in [-0.39, 0.29) is 24.5 Å². The molecule has 0 aromatic heterocycles. The molecule has 0 aliphatic rings. The molecule has 5 heteroatoms. The van der Waals surface area contributed by atoms with Crippen molar-refractivity contribution in [1.82, 2.24) is 5.32 Å². The van der Waals surface area contributed by atoms with Gasteiger partial charge in [-0.1, -0.05) is 13.8 Å². The maximum atomic E-state index is 11.3. The summed E-state index contributed by atoms with van der Waals surface area (Å²) in [7, 11) is 0. The number of hydrogen-bond donors (Lipinski definition) is 1. The first-order valence-corrected chi connectivity index (χ1v) is 5.79. The van der Waals surface area contributed by atoms with Gasteiger partial charge >= 0.3 is 12.1 Å². The molecule has 5 nitrogen and oxygen atoms in total. The van der Waals surface area contributed by atoms with Crippen LogP contribution in [0.15, 0.2) is 0 Å². The quantitative estimate of drug-likeness (QED) is 0.770. The van der Waals surface area contributed by atoms with E-state index >= 15 is 0 Å². The molecular weight excluding hydrogens is 222 g/mol. The number of hydrogen-bond acceptors (Lipinski definition) is 4. The minimum Gasteiger partial charge on any atom is -0.461 e. The van der Waals surface area contributed by atoms with Crippen LogP contribution in [0.2, 0.25) is 0 Å². The minimum absolute atomic E-state index is 0.168. The van der Waals surface area contributed by atoms with Gasteiger partial charge in [-0.05, 0) is 27.7 Å². The average molecular weight is 245 g/mol. The van der Waals surface area contributed by atoms with Crippen LogP contribution in [0.4, 0.5) is 4.79 Å². The van der Waals surface area contributed by atoms with Crippen molar-refractivity contribution in [3.8, 4) is 0 Å². The third-order valence-electron chi connectivity index (χ3n) is 1.72. The van der Waals surface area contributed by atoms with E-state index in [1.807, 2.05) is 0 Å². The molecule has 1 unspecified atom stereocenters. The van der Waals surface area contributed by atoms with E-state index in [1.165, 1.54) is 0 Å². The molecule has 0 fully saturated rings. The summed E-state index contributed by atoms with van der Waals surface area (Å²) < 4.78 is 10.1. The largest absolute Gasteiger partial charge is 0.461 e. The second-order valence-corrected chi connectivity index (χ2v) is 5.28. The molecule has 0 rings (SSSR count). The van der Waals surface area contributed by atoms with Crippen LogP contribution >= 0.6 is 0 Å². The van der Waals surface area contributed by atoms with Crippen molar-refractivity contribution in [3.05, 3.63) is 0 Å². The Morgan fingerprint density at radius 1 is 1.18 bits per heavy atom. The van der Waals surface area contributed by atoms with Gasteiger partial charge in [-0.25, -0.2) is 4.79 Å². The number of carbonyl (C=O) groups is 2. The Morgan fingerprint density at radius 3 is 2.12 bits per heavy atom. The van der Waals surface area contributed by atoms with Crippen LogP contribution in [0.3, 0.4) is 0 Å². The van der Waals surface area contributed by atoms with Gasteiger partial charge in [-0.3, -0.25) is 4.79 Å². The van der Waals surface area contributed by atoms with Crippen molar-refractivity contribution in [2.45, 2.75) is 53.2 Å². The molecule has 0 aromatic carbocycles. The SMILES string of the molecule is CC(CNC(=O)OC(C)(C)C)OC(=O)C(C)C. The van der Waals surface area contributed by atoms with Crippen LogP contribution in [-0.2, 0) is 14.3 Å². The highest BCUT2D eigenvalue weighted by atomic mass is 16.6. The van der Waals surface area contributed by atoms with Crippen LogP contribution in [0.5, 0.6) is 0 Å². The van der Waals surface area contributed by atoms with Crippen LogP contribution in [0.1, 0.15) is 41.5 Å². The summed E-state index contributed by atoms with van der Waals surface area (Å²) in [5.74, 6) is -0.442. The van der Waals surface area contributed by atoms with Crippen LogP contribution in [0, 0.1) is 5.92 Å². The molecular formula is C12H23NO4. The van der Waals surface area contributed by atoms with E-state index in [2.05, 4.69) is 5.32 Å². The first kappa shape index (κ1) is 15.7. The highest BCUT2D eigenvalue weighted by Gasteiger charge is 2.18. The second-order valence-electron chi connectivity index (χ2n) is 5.28. The fourth-order valence-corrected chi connectivity index (χ4v) is 0.917. The molecule has 0 aliphatic heterocycles. The molecule has 0 spiro atoms. The van der Waals surface area contributed by atoms with Gasteiger partial charge in [0.2, 0.25) is 0 Å². The lowest BCUT2D eigenvalue weighted by Gasteiger charge is -2.21. The summed E-state index contributed by atoms with van der Waals surface area (Å²) in [5, 5.41) is 2.54. The maximum absolute atomic E-state index is 11.3. The summed E-state index contributed by atoms with van der Waals surface area (Å²) in [4.78, 5) is 22.6. The molecule has 1 N–H and O–H groups in total. The molecule has 0 radical (unpaired) electrons. The standard InChI is InChI=1S/C12H23NO4/c1-8(2)10(14)16-9(3)7-13-11(15)17-12(4,5)6/h8-9H,7H2,1-6H3,(H,13,15).